The lowest BCUT2D eigenvalue weighted by Crippen LogP contribution is -2.32. The van der Waals surface area contributed by atoms with Gasteiger partial charge in [-0.3, -0.25) is 4.79 Å². The van der Waals surface area contributed by atoms with Crippen molar-refractivity contribution in [2.75, 3.05) is 13.7 Å². The molecule has 0 saturated heterocycles. The fraction of sp³-hybridized carbons (Fsp3) is 0.222. The summed E-state index contributed by atoms with van der Waals surface area (Å²) in [6.07, 6.45) is 0. The molecule has 2 aromatic rings. The van der Waals surface area contributed by atoms with E-state index < -0.39 is 5.97 Å². The van der Waals surface area contributed by atoms with E-state index in [0.717, 1.165) is 16.9 Å². The molecule has 3 rings (SSSR count). The second-order valence-corrected chi connectivity index (χ2v) is 5.60. The average Bonchev–Trinajstić information content (AvgIpc) is 2.98. The van der Waals surface area contributed by atoms with Gasteiger partial charge in [0.1, 0.15) is 18.3 Å². The van der Waals surface area contributed by atoms with Crippen LogP contribution in [-0.4, -0.2) is 35.5 Å². The van der Waals surface area contributed by atoms with Gasteiger partial charge in [-0.2, -0.15) is 0 Å². The Labute approximate surface area is 134 Å². The molecule has 0 radical (unpaired) electrons. The number of hydrogen-bond acceptors (Lipinski definition) is 3. The van der Waals surface area contributed by atoms with Crippen molar-refractivity contribution in [2.45, 2.75) is 12.5 Å². The van der Waals surface area contributed by atoms with Crippen molar-refractivity contribution < 1.29 is 19.4 Å². The van der Waals surface area contributed by atoms with Crippen LogP contribution in [0.5, 0.6) is 5.75 Å². The van der Waals surface area contributed by atoms with Crippen molar-refractivity contribution >= 4 is 11.9 Å². The lowest BCUT2D eigenvalue weighted by molar-refractivity contribution is -0.132. The molecule has 0 fully saturated rings. The Hall–Kier alpha value is -2.82. The van der Waals surface area contributed by atoms with Gasteiger partial charge in [0.25, 0.3) is 0 Å². The molecule has 1 amide bonds. The molecule has 118 valence electrons. The van der Waals surface area contributed by atoms with Crippen LogP contribution in [0.2, 0.25) is 0 Å². The number of fused-ring (bicyclic) bond motifs is 1. The van der Waals surface area contributed by atoms with E-state index >= 15 is 0 Å². The van der Waals surface area contributed by atoms with Crippen molar-refractivity contribution in [3.8, 4) is 5.75 Å². The number of carbonyl (C=O) groups is 2. The minimum absolute atomic E-state index is 0.00254. The Morgan fingerprint density at radius 2 is 1.87 bits per heavy atom. The maximum Gasteiger partial charge on any atom is 0.335 e. The standard InChI is InChI=1S/C18H17NO4/c1-19(10-12-6-8-13(9-7-12)18(21)22)17(20)15-11-23-16-5-3-2-4-14(15)16/h2-9,15H,10-11H2,1H3,(H,21,22). The largest absolute Gasteiger partial charge is 0.492 e. The summed E-state index contributed by atoms with van der Waals surface area (Å²) in [6, 6.07) is 14.1. The summed E-state index contributed by atoms with van der Waals surface area (Å²) in [7, 11) is 1.74. The molecule has 1 aliphatic heterocycles. The SMILES string of the molecule is CN(Cc1ccc(C(=O)O)cc1)C(=O)C1COc2ccccc21. The van der Waals surface area contributed by atoms with Gasteiger partial charge in [0.15, 0.2) is 0 Å². The van der Waals surface area contributed by atoms with Crippen LogP contribution in [0.3, 0.4) is 0 Å². The van der Waals surface area contributed by atoms with Crippen molar-refractivity contribution in [1.29, 1.82) is 0 Å². The minimum Gasteiger partial charge on any atom is -0.492 e. The maximum absolute atomic E-state index is 12.6. The highest BCUT2D eigenvalue weighted by molar-refractivity contribution is 5.87. The molecular weight excluding hydrogens is 294 g/mol. The molecule has 0 spiro atoms. The third-order valence-corrected chi connectivity index (χ3v) is 3.99. The lowest BCUT2D eigenvalue weighted by atomic mass is 10.00. The summed E-state index contributed by atoms with van der Waals surface area (Å²) in [5, 5.41) is 8.90. The summed E-state index contributed by atoms with van der Waals surface area (Å²) >= 11 is 0. The topological polar surface area (TPSA) is 66.8 Å². The predicted molar refractivity (Wildman–Crippen MR) is 84.6 cm³/mol. The molecule has 1 unspecified atom stereocenters. The molecular formula is C18H17NO4. The number of carboxylic acid groups (broad SMARTS) is 1. The van der Waals surface area contributed by atoms with Gasteiger partial charge < -0.3 is 14.7 Å². The molecule has 0 aromatic heterocycles. The van der Waals surface area contributed by atoms with Crippen LogP contribution in [0.25, 0.3) is 0 Å². The first-order chi connectivity index (χ1) is 11.1. The molecule has 0 aliphatic carbocycles. The fourth-order valence-electron chi connectivity index (χ4n) is 2.74. The first-order valence-electron chi connectivity index (χ1n) is 7.35. The van der Waals surface area contributed by atoms with Crippen molar-refractivity contribution in [3.63, 3.8) is 0 Å². The Morgan fingerprint density at radius 3 is 2.57 bits per heavy atom. The molecule has 0 bridgehead atoms. The number of carboxylic acids is 1. The first-order valence-corrected chi connectivity index (χ1v) is 7.35. The Morgan fingerprint density at radius 1 is 1.17 bits per heavy atom. The Balaban J connectivity index is 1.70. The summed E-state index contributed by atoms with van der Waals surface area (Å²) in [4.78, 5) is 25.1. The zero-order valence-electron chi connectivity index (χ0n) is 12.7. The van der Waals surface area contributed by atoms with Gasteiger partial charge in [-0.25, -0.2) is 4.79 Å². The Kier molecular flexibility index (Phi) is 4.02. The van der Waals surface area contributed by atoms with Gasteiger partial charge in [0.05, 0.1) is 5.56 Å². The normalized spacial score (nSPS) is 15.6. The number of ether oxygens (including phenoxy) is 1. The van der Waals surface area contributed by atoms with Gasteiger partial charge in [-0.1, -0.05) is 30.3 Å². The molecule has 1 heterocycles. The molecule has 5 heteroatoms. The van der Waals surface area contributed by atoms with Crippen LogP contribution >= 0.6 is 0 Å². The van der Waals surface area contributed by atoms with Gasteiger partial charge in [-0.15, -0.1) is 0 Å². The van der Waals surface area contributed by atoms with Crippen LogP contribution in [0.1, 0.15) is 27.4 Å². The van der Waals surface area contributed by atoms with E-state index in [9.17, 15) is 9.59 Å². The quantitative estimate of drug-likeness (QED) is 0.942. The molecule has 23 heavy (non-hydrogen) atoms. The number of rotatable bonds is 4. The van der Waals surface area contributed by atoms with Crippen LogP contribution in [0.15, 0.2) is 48.5 Å². The number of aromatic carboxylic acids is 1. The van der Waals surface area contributed by atoms with E-state index in [-0.39, 0.29) is 17.4 Å². The number of nitrogens with zero attached hydrogens (tertiary/aromatic N) is 1. The van der Waals surface area contributed by atoms with E-state index in [1.165, 1.54) is 0 Å². The maximum atomic E-state index is 12.6. The zero-order valence-corrected chi connectivity index (χ0v) is 12.7. The second-order valence-electron chi connectivity index (χ2n) is 5.60. The smallest absolute Gasteiger partial charge is 0.335 e. The molecule has 1 atom stereocenters. The van der Waals surface area contributed by atoms with Crippen LogP contribution in [0, 0.1) is 0 Å². The number of likely N-dealkylation sites (N-methyl/N-ethyl adjacent to an activating group) is 1. The van der Waals surface area contributed by atoms with E-state index in [1.54, 1.807) is 36.2 Å². The van der Waals surface area contributed by atoms with Crippen molar-refractivity contribution in [3.05, 3.63) is 65.2 Å². The summed E-state index contributed by atoms with van der Waals surface area (Å²) < 4.78 is 5.56. The van der Waals surface area contributed by atoms with E-state index in [4.69, 9.17) is 9.84 Å². The minimum atomic E-state index is -0.958. The van der Waals surface area contributed by atoms with E-state index in [1.807, 2.05) is 24.3 Å². The number of benzene rings is 2. The fourth-order valence-corrected chi connectivity index (χ4v) is 2.74. The average molecular weight is 311 g/mol. The number of carbonyl (C=O) groups excluding carboxylic acids is 1. The number of para-hydroxylation sites is 1. The lowest BCUT2D eigenvalue weighted by Gasteiger charge is -2.20. The van der Waals surface area contributed by atoms with Gasteiger partial charge in [0, 0.05) is 19.2 Å². The molecule has 5 nitrogen and oxygen atoms in total. The van der Waals surface area contributed by atoms with Crippen LogP contribution < -0.4 is 4.74 Å². The number of hydrogen-bond donors (Lipinski definition) is 1. The van der Waals surface area contributed by atoms with Gasteiger partial charge in [-0.05, 0) is 23.8 Å². The monoisotopic (exact) mass is 311 g/mol. The number of amides is 1. The second kappa shape index (κ2) is 6.12. The summed E-state index contributed by atoms with van der Waals surface area (Å²) in [5.41, 5.74) is 2.05. The highest BCUT2D eigenvalue weighted by atomic mass is 16.5. The highest BCUT2D eigenvalue weighted by Crippen LogP contribution is 2.34. The van der Waals surface area contributed by atoms with E-state index in [0.29, 0.717) is 13.2 Å². The highest BCUT2D eigenvalue weighted by Gasteiger charge is 2.31. The molecule has 0 saturated carbocycles. The van der Waals surface area contributed by atoms with E-state index in [2.05, 4.69) is 0 Å². The molecule has 1 N–H and O–H groups in total. The zero-order chi connectivity index (χ0) is 16.4. The predicted octanol–water partition coefficient (Wildman–Crippen LogP) is 2.52. The molecule has 1 aliphatic rings. The first kappa shape index (κ1) is 15.1. The third-order valence-electron chi connectivity index (χ3n) is 3.99. The Bertz CT molecular complexity index is 739. The van der Waals surface area contributed by atoms with Crippen LogP contribution in [-0.2, 0) is 11.3 Å². The van der Waals surface area contributed by atoms with Gasteiger partial charge >= 0.3 is 5.97 Å². The van der Waals surface area contributed by atoms with Crippen molar-refractivity contribution in [1.82, 2.24) is 4.90 Å². The summed E-state index contributed by atoms with van der Waals surface area (Å²) in [5.74, 6) is -0.475. The van der Waals surface area contributed by atoms with Crippen molar-refractivity contribution in [2.24, 2.45) is 0 Å². The molecule has 2 aromatic carbocycles. The van der Waals surface area contributed by atoms with Crippen LogP contribution in [0.4, 0.5) is 0 Å². The summed E-state index contributed by atoms with van der Waals surface area (Å²) in [6.45, 7) is 0.790. The van der Waals surface area contributed by atoms with Gasteiger partial charge in [0.2, 0.25) is 5.91 Å². The third kappa shape index (κ3) is 3.04.